The molecular formula is C16H15ClN2S. The Labute approximate surface area is 127 Å². The lowest BCUT2D eigenvalue weighted by atomic mass is 10.1. The van der Waals surface area contributed by atoms with Gasteiger partial charge in [0.15, 0.2) is 0 Å². The first kappa shape index (κ1) is 13.5. The molecule has 0 fully saturated rings. The molecule has 2 aromatic rings. The van der Waals surface area contributed by atoms with Crippen LogP contribution in [-0.4, -0.2) is 5.84 Å². The van der Waals surface area contributed by atoms with Crippen molar-refractivity contribution in [2.45, 2.75) is 29.1 Å². The average molecular weight is 303 g/mol. The fourth-order valence-electron chi connectivity index (χ4n) is 2.49. The molecule has 0 aromatic heterocycles. The van der Waals surface area contributed by atoms with E-state index in [1.54, 1.807) is 17.8 Å². The van der Waals surface area contributed by atoms with E-state index in [9.17, 15) is 0 Å². The smallest absolute Gasteiger partial charge is 0.122 e. The molecule has 1 aliphatic carbocycles. The molecule has 0 heterocycles. The zero-order chi connectivity index (χ0) is 14.1. The molecule has 102 valence electrons. The van der Waals surface area contributed by atoms with Gasteiger partial charge >= 0.3 is 0 Å². The molecule has 4 heteroatoms. The number of amidine groups is 1. The maximum atomic E-state index is 7.42. The van der Waals surface area contributed by atoms with E-state index in [0.29, 0.717) is 10.6 Å². The van der Waals surface area contributed by atoms with Crippen molar-refractivity contribution in [1.29, 1.82) is 5.41 Å². The van der Waals surface area contributed by atoms with Crippen LogP contribution in [0.15, 0.2) is 46.2 Å². The molecule has 20 heavy (non-hydrogen) atoms. The van der Waals surface area contributed by atoms with Crippen LogP contribution in [0.2, 0.25) is 5.02 Å². The molecule has 0 spiro atoms. The van der Waals surface area contributed by atoms with Gasteiger partial charge in [-0.15, -0.1) is 0 Å². The van der Waals surface area contributed by atoms with Gasteiger partial charge in [0.05, 0.1) is 5.02 Å². The molecule has 1 aliphatic rings. The first-order valence-corrected chi connectivity index (χ1v) is 7.76. The number of nitrogen functional groups attached to an aromatic ring is 1. The first-order valence-electron chi connectivity index (χ1n) is 6.57. The number of rotatable bonds is 3. The average Bonchev–Trinajstić information content (AvgIpc) is 2.88. The minimum atomic E-state index is 0.0426. The number of nitrogens with two attached hydrogens (primary N) is 1. The Balaban J connectivity index is 1.86. The molecule has 0 aliphatic heterocycles. The second-order valence-corrected chi connectivity index (χ2v) is 6.47. The van der Waals surface area contributed by atoms with Crippen LogP contribution in [0.4, 0.5) is 0 Å². The van der Waals surface area contributed by atoms with E-state index >= 15 is 0 Å². The van der Waals surface area contributed by atoms with Crippen LogP contribution in [0.5, 0.6) is 0 Å². The fraction of sp³-hybridized carbons (Fsp3) is 0.188. The Bertz CT molecular complexity index is 682. The monoisotopic (exact) mass is 302 g/mol. The highest BCUT2D eigenvalue weighted by atomic mass is 35.5. The Kier molecular flexibility index (Phi) is 3.72. The highest BCUT2D eigenvalue weighted by Crippen LogP contribution is 2.36. The van der Waals surface area contributed by atoms with Crippen LogP contribution in [0.25, 0.3) is 0 Å². The summed E-state index contributed by atoms with van der Waals surface area (Å²) in [5, 5.41) is 8.06. The zero-order valence-electron chi connectivity index (χ0n) is 10.9. The van der Waals surface area contributed by atoms with Gasteiger partial charge in [0.1, 0.15) is 5.84 Å². The van der Waals surface area contributed by atoms with Crippen molar-refractivity contribution >= 4 is 29.2 Å². The van der Waals surface area contributed by atoms with Crippen molar-refractivity contribution < 1.29 is 0 Å². The molecule has 3 N–H and O–H groups in total. The summed E-state index contributed by atoms with van der Waals surface area (Å²) in [6, 6.07) is 12.2. The van der Waals surface area contributed by atoms with Gasteiger partial charge in [-0.3, -0.25) is 5.41 Å². The maximum absolute atomic E-state index is 7.42. The number of nitrogens with one attached hydrogen (secondary N) is 1. The molecule has 0 bridgehead atoms. The summed E-state index contributed by atoms with van der Waals surface area (Å²) in [6.45, 7) is 0. The molecule has 0 radical (unpaired) electrons. The number of aryl methyl sites for hydroxylation is 2. The number of benzene rings is 2. The highest BCUT2D eigenvalue weighted by Gasteiger charge is 2.12. The van der Waals surface area contributed by atoms with Crippen molar-refractivity contribution in [2.24, 2.45) is 5.73 Å². The van der Waals surface area contributed by atoms with Gasteiger partial charge in [-0.25, -0.2) is 0 Å². The predicted molar refractivity (Wildman–Crippen MR) is 85.1 cm³/mol. The third-order valence-electron chi connectivity index (χ3n) is 3.54. The number of hydrogen-bond donors (Lipinski definition) is 2. The summed E-state index contributed by atoms with van der Waals surface area (Å²) in [7, 11) is 0. The molecule has 2 nitrogen and oxygen atoms in total. The van der Waals surface area contributed by atoms with Crippen molar-refractivity contribution in [3.8, 4) is 0 Å². The summed E-state index contributed by atoms with van der Waals surface area (Å²) in [5.74, 6) is 0.0426. The molecule has 3 rings (SSSR count). The lowest BCUT2D eigenvalue weighted by Crippen LogP contribution is -2.10. The van der Waals surface area contributed by atoms with Gasteiger partial charge in [0.2, 0.25) is 0 Å². The SMILES string of the molecule is N=C(N)c1ccc(Sc2ccc3c(c2)CCC3)c(Cl)c1. The van der Waals surface area contributed by atoms with E-state index in [0.717, 1.165) is 4.90 Å². The second kappa shape index (κ2) is 5.51. The van der Waals surface area contributed by atoms with Crippen LogP contribution in [0.3, 0.4) is 0 Å². The van der Waals surface area contributed by atoms with Gasteiger partial charge in [-0.05, 0) is 54.7 Å². The van der Waals surface area contributed by atoms with Crippen LogP contribution in [0, 0.1) is 5.41 Å². The van der Waals surface area contributed by atoms with Crippen molar-refractivity contribution in [3.05, 3.63) is 58.1 Å². The van der Waals surface area contributed by atoms with E-state index in [1.807, 2.05) is 12.1 Å². The van der Waals surface area contributed by atoms with E-state index in [2.05, 4.69) is 18.2 Å². The Morgan fingerprint density at radius 1 is 1.10 bits per heavy atom. The summed E-state index contributed by atoms with van der Waals surface area (Å²) in [5.41, 5.74) is 9.07. The normalized spacial score (nSPS) is 13.2. The predicted octanol–water partition coefficient (Wildman–Crippen LogP) is 4.26. The molecule has 0 saturated carbocycles. The second-order valence-electron chi connectivity index (χ2n) is 4.95. The number of hydrogen-bond acceptors (Lipinski definition) is 2. The fourth-order valence-corrected chi connectivity index (χ4v) is 3.67. The lowest BCUT2D eigenvalue weighted by molar-refractivity contribution is 0.911. The third kappa shape index (κ3) is 2.69. The number of fused-ring (bicyclic) bond motifs is 1. The minimum absolute atomic E-state index is 0.0426. The van der Waals surface area contributed by atoms with E-state index in [-0.39, 0.29) is 5.84 Å². The van der Waals surface area contributed by atoms with Crippen molar-refractivity contribution in [2.75, 3.05) is 0 Å². The first-order chi connectivity index (χ1) is 9.63. The highest BCUT2D eigenvalue weighted by molar-refractivity contribution is 7.99. The van der Waals surface area contributed by atoms with Crippen molar-refractivity contribution in [1.82, 2.24) is 0 Å². The molecule has 0 saturated heterocycles. The Morgan fingerprint density at radius 3 is 2.65 bits per heavy atom. The topological polar surface area (TPSA) is 49.9 Å². The molecule has 0 amide bonds. The minimum Gasteiger partial charge on any atom is -0.384 e. The Morgan fingerprint density at radius 2 is 1.90 bits per heavy atom. The van der Waals surface area contributed by atoms with E-state index in [4.69, 9.17) is 22.7 Å². The van der Waals surface area contributed by atoms with Crippen LogP contribution >= 0.6 is 23.4 Å². The quantitative estimate of drug-likeness (QED) is 0.657. The summed E-state index contributed by atoms with van der Waals surface area (Å²) < 4.78 is 0. The third-order valence-corrected chi connectivity index (χ3v) is 5.03. The lowest BCUT2D eigenvalue weighted by Gasteiger charge is -2.08. The van der Waals surface area contributed by atoms with E-state index in [1.165, 1.54) is 35.3 Å². The molecule has 0 unspecified atom stereocenters. The van der Waals surface area contributed by atoms with Gasteiger partial charge < -0.3 is 5.73 Å². The van der Waals surface area contributed by atoms with Gasteiger partial charge in [-0.1, -0.05) is 35.5 Å². The molecular weight excluding hydrogens is 288 g/mol. The van der Waals surface area contributed by atoms with Gasteiger partial charge in [-0.2, -0.15) is 0 Å². The molecule has 2 aromatic carbocycles. The van der Waals surface area contributed by atoms with Crippen LogP contribution in [-0.2, 0) is 12.8 Å². The largest absolute Gasteiger partial charge is 0.384 e. The summed E-state index contributed by atoms with van der Waals surface area (Å²) in [4.78, 5) is 2.21. The summed E-state index contributed by atoms with van der Waals surface area (Å²) in [6.07, 6.45) is 3.65. The summed E-state index contributed by atoms with van der Waals surface area (Å²) >= 11 is 7.92. The van der Waals surface area contributed by atoms with Gasteiger partial charge in [0, 0.05) is 15.4 Å². The van der Waals surface area contributed by atoms with Gasteiger partial charge in [0.25, 0.3) is 0 Å². The van der Waals surface area contributed by atoms with E-state index < -0.39 is 0 Å². The molecule has 0 atom stereocenters. The van der Waals surface area contributed by atoms with Crippen molar-refractivity contribution in [3.63, 3.8) is 0 Å². The number of halogens is 1. The standard InChI is InChI=1S/C16H15ClN2S/c17-14-9-12(16(18)19)5-7-15(14)20-13-6-4-10-2-1-3-11(10)8-13/h4-9H,1-3H2,(H3,18,19). The maximum Gasteiger partial charge on any atom is 0.122 e. The Hall–Kier alpha value is -1.45. The van der Waals surface area contributed by atoms with Crippen LogP contribution in [0.1, 0.15) is 23.1 Å². The van der Waals surface area contributed by atoms with Crippen LogP contribution < -0.4 is 5.73 Å². The zero-order valence-corrected chi connectivity index (χ0v) is 12.5.